The van der Waals surface area contributed by atoms with Gasteiger partial charge in [0.15, 0.2) is 4.96 Å². The van der Waals surface area contributed by atoms with E-state index < -0.39 is 0 Å². The molecule has 0 saturated carbocycles. The first kappa shape index (κ1) is 16.2. The van der Waals surface area contributed by atoms with E-state index in [1.54, 1.807) is 18.3 Å². The number of carbonyl (C=O) groups excluding carboxylic acids is 1. The highest BCUT2D eigenvalue weighted by Crippen LogP contribution is 2.28. The molecule has 1 aliphatic rings. The number of rotatable bonds is 3. The predicted octanol–water partition coefficient (Wildman–Crippen LogP) is 2.98. The van der Waals surface area contributed by atoms with Crippen molar-refractivity contribution in [3.8, 4) is 10.4 Å². The highest BCUT2D eigenvalue weighted by Gasteiger charge is 2.23. The minimum Gasteiger partial charge on any atom is -0.335 e. The number of imidazole rings is 1. The third kappa shape index (κ3) is 3.17. The monoisotopic (exact) mass is 358 g/mol. The molecule has 1 aromatic carbocycles. The molecule has 7 heteroatoms. The van der Waals surface area contributed by atoms with E-state index in [1.807, 2.05) is 15.5 Å². The first-order valence-corrected chi connectivity index (χ1v) is 9.22. The number of likely N-dealkylation sites (N-methyl/N-ethyl adjacent to an activating group) is 1. The Kier molecular flexibility index (Phi) is 4.27. The summed E-state index contributed by atoms with van der Waals surface area (Å²) in [5.41, 5.74) is 1.43. The fraction of sp³-hybridized carbons (Fsp3) is 0.333. The van der Waals surface area contributed by atoms with Crippen molar-refractivity contribution < 1.29 is 9.18 Å². The van der Waals surface area contributed by atoms with Gasteiger partial charge in [0, 0.05) is 38.6 Å². The molecule has 3 heterocycles. The summed E-state index contributed by atoms with van der Waals surface area (Å²) in [6, 6.07) is 6.39. The smallest absolute Gasteiger partial charge is 0.274 e. The summed E-state index contributed by atoms with van der Waals surface area (Å²) in [5, 5.41) is 0. The molecule has 0 aliphatic carbocycles. The summed E-state index contributed by atoms with van der Waals surface area (Å²) in [6.07, 6.45) is 3.72. The normalized spacial score (nSPS) is 15.8. The van der Waals surface area contributed by atoms with E-state index in [0.717, 1.165) is 48.1 Å². The lowest BCUT2D eigenvalue weighted by molar-refractivity contribution is 0.0638. The maximum absolute atomic E-state index is 13.1. The van der Waals surface area contributed by atoms with E-state index in [-0.39, 0.29) is 11.7 Å². The highest BCUT2D eigenvalue weighted by molar-refractivity contribution is 7.20. The Morgan fingerprint density at radius 1 is 1.16 bits per heavy atom. The summed E-state index contributed by atoms with van der Waals surface area (Å²) >= 11 is 1.50. The van der Waals surface area contributed by atoms with Crippen molar-refractivity contribution in [3.63, 3.8) is 0 Å². The highest BCUT2D eigenvalue weighted by atomic mass is 32.1. The van der Waals surface area contributed by atoms with Crippen molar-refractivity contribution in [3.05, 3.63) is 48.2 Å². The van der Waals surface area contributed by atoms with Gasteiger partial charge in [-0.15, -0.1) is 0 Å². The number of nitrogens with zero attached hydrogens (tertiary/aromatic N) is 4. The number of carbonyl (C=O) groups is 1. The minimum atomic E-state index is -0.249. The second kappa shape index (κ2) is 6.57. The number of benzene rings is 1. The number of hydrogen-bond acceptors (Lipinski definition) is 4. The molecule has 1 saturated heterocycles. The Bertz CT molecular complexity index is 862. The summed E-state index contributed by atoms with van der Waals surface area (Å²) < 4.78 is 14.9. The molecule has 0 spiro atoms. The van der Waals surface area contributed by atoms with Crippen LogP contribution in [0.2, 0.25) is 0 Å². The van der Waals surface area contributed by atoms with Gasteiger partial charge in [-0.05, 0) is 24.2 Å². The average Bonchev–Trinajstić information content (AvgIpc) is 3.21. The molecule has 0 unspecified atom stereocenters. The maximum Gasteiger partial charge on any atom is 0.274 e. The van der Waals surface area contributed by atoms with E-state index >= 15 is 0 Å². The fourth-order valence-electron chi connectivity index (χ4n) is 3.08. The van der Waals surface area contributed by atoms with Crippen LogP contribution in [0.4, 0.5) is 4.39 Å². The first-order valence-electron chi connectivity index (χ1n) is 8.40. The molecule has 2 aromatic heterocycles. The van der Waals surface area contributed by atoms with Gasteiger partial charge >= 0.3 is 0 Å². The molecule has 0 radical (unpaired) electrons. The Morgan fingerprint density at radius 2 is 1.88 bits per heavy atom. The van der Waals surface area contributed by atoms with Crippen LogP contribution in [0.1, 0.15) is 17.4 Å². The number of thiazole rings is 1. The fourth-order valence-corrected chi connectivity index (χ4v) is 4.05. The zero-order valence-corrected chi connectivity index (χ0v) is 14.8. The molecule has 1 fully saturated rings. The lowest BCUT2D eigenvalue weighted by atomic mass is 10.2. The minimum absolute atomic E-state index is 0.00464. The number of piperazine rings is 1. The number of fused-ring (bicyclic) bond motifs is 1. The molecule has 0 N–H and O–H groups in total. The van der Waals surface area contributed by atoms with Crippen molar-refractivity contribution >= 4 is 22.2 Å². The lowest BCUT2D eigenvalue weighted by Gasteiger charge is -2.33. The van der Waals surface area contributed by atoms with Gasteiger partial charge in [0.2, 0.25) is 0 Å². The van der Waals surface area contributed by atoms with Gasteiger partial charge in [-0.25, -0.2) is 9.37 Å². The van der Waals surface area contributed by atoms with Crippen molar-refractivity contribution in [2.45, 2.75) is 6.92 Å². The largest absolute Gasteiger partial charge is 0.335 e. The van der Waals surface area contributed by atoms with Crippen molar-refractivity contribution in [2.75, 3.05) is 32.7 Å². The third-order valence-electron chi connectivity index (χ3n) is 4.61. The van der Waals surface area contributed by atoms with Gasteiger partial charge in [0.25, 0.3) is 5.91 Å². The van der Waals surface area contributed by atoms with E-state index in [1.165, 1.54) is 23.5 Å². The third-order valence-corrected chi connectivity index (χ3v) is 5.66. The summed E-state index contributed by atoms with van der Waals surface area (Å²) in [7, 11) is 0. The SMILES string of the molecule is CCN1CCN(C(=O)c2cn3cc(-c4ccc(F)cc4)sc3n2)CC1. The lowest BCUT2D eigenvalue weighted by Crippen LogP contribution is -2.48. The summed E-state index contributed by atoms with van der Waals surface area (Å²) in [6.45, 7) is 6.49. The van der Waals surface area contributed by atoms with E-state index in [2.05, 4.69) is 16.8 Å². The Hall–Kier alpha value is -2.25. The van der Waals surface area contributed by atoms with Crippen molar-refractivity contribution in [1.82, 2.24) is 19.2 Å². The van der Waals surface area contributed by atoms with Crippen LogP contribution >= 0.6 is 11.3 Å². The molecular formula is C18H19FN4OS. The molecule has 0 atom stereocenters. The van der Waals surface area contributed by atoms with Gasteiger partial charge in [-0.3, -0.25) is 9.20 Å². The van der Waals surface area contributed by atoms with Gasteiger partial charge in [0.1, 0.15) is 11.5 Å². The van der Waals surface area contributed by atoms with Crippen molar-refractivity contribution in [2.24, 2.45) is 0 Å². The number of halogens is 1. The van der Waals surface area contributed by atoms with Crippen molar-refractivity contribution in [1.29, 1.82) is 0 Å². The number of amides is 1. The average molecular weight is 358 g/mol. The molecule has 25 heavy (non-hydrogen) atoms. The number of aromatic nitrogens is 2. The van der Waals surface area contributed by atoms with Gasteiger partial charge in [-0.2, -0.15) is 0 Å². The molecule has 0 bridgehead atoms. The summed E-state index contributed by atoms with van der Waals surface area (Å²) in [5.74, 6) is -0.254. The van der Waals surface area contributed by atoms with Crippen LogP contribution in [0.15, 0.2) is 36.7 Å². The van der Waals surface area contributed by atoms with Crippen LogP contribution in [0.25, 0.3) is 15.4 Å². The molecular weight excluding hydrogens is 339 g/mol. The zero-order valence-electron chi connectivity index (χ0n) is 14.0. The first-order chi connectivity index (χ1) is 12.1. The van der Waals surface area contributed by atoms with Gasteiger partial charge < -0.3 is 9.80 Å². The second-order valence-corrected chi connectivity index (χ2v) is 7.15. The van der Waals surface area contributed by atoms with Crippen LogP contribution in [0.5, 0.6) is 0 Å². The van der Waals surface area contributed by atoms with Crippen LogP contribution in [-0.2, 0) is 0 Å². The Morgan fingerprint density at radius 3 is 2.52 bits per heavy atom. The molecule has 3 aromatic rings. The second-order valence-electron chi connectivity index (χ2n) is 6.14. The van der Waals surface area contributed by atoms with E-state index in [9.17, 15) is 9.18 Å². The molecule has 4 rings (SSSR count). The Labute approximate surface area is 149 Å². The van der Waals surface area contributed by atoms with Gasteiger partial charge in [-0.1, -0.05) is 30.4 Å². The quantitative estimate of drug-likeness (QED) is 0.723. The van der Waals surface area contributed by atoms with E-state index in [0.29, 0.717) is 5.69 Å². The van der Waals surface area contributed by atoms with E-state index in [4.69, 9.17) is 0 Å². The molecule has 130 valence electrons. The Balaban J connectivity index is 1.53. The molecule has 1 aliphatic heterocycles. The maximum atomic E-state index is 13.1. The molecule has 1 amide bonds. The van der Waals surface area contributed by atoms with Gasteiger partial charge in [0.05, 0.1) is 4.88 Å². The number of hydrogen-bond donors (Lipinski definition) is 0. The van der Waals surface area contributed by atoms with Crippen LogP contribution < -0.4 is 0 Å². The topological polar surface area (TPSA) is 40.9 Å². The zero-order chi connectivity index (χ0) is 17.4. The standard InChI is InChI=1S/C18H19FN4OS/c1-2-21-7-9-22(10-8-21)17(24)15-11-23-12-16(25-18(23)20-15)13-3-5-14(19)6-4-13/h3-6,11-12H,2,7-10H2,1H3. The predicted molar refractivity (Wildman–Crippen MR) is 96.5 cm³/mol. The van der Waals surface area contributed by atoms with Crippen LogP contribution in [0.3, 0.4) is 0 Å². The van der Waals surface area contributed by atoms with Crippen LogP contribution in [-0.4, -0.2) is 57.8 Å². The summed E-state index contributed by atoms with van der Waals surface area (Å²) in [4.78, 5) is 23.1. The van der Waals surface area contributed by atoms with Crippen LogP contribution in [0, 0.1) is 5.82 Å². The molecule has 5 nitrogen and oxygen atoms in total.